The lowest BCUT2D eigenvalue weighted by atomic mass is 10.4. The van der Waals surface area contributed by atoms with Crippen LogP contribution in [0.4, 0.5) is 0 Å². The van der Waals surface area contributed by atoms with E-state index in [0.29, 0.717) is 11.5 Å². The van der Waals surface area contributed by atoms with Gasteiger partial charge in [0.05, 0.1) is 5.70 Å². The molecule has 0 radical (unpaired) electrons. The predicted octanol–water partition coefficient (Wildman–Crippen LogP) is 0.350. The third kappa shape index (κ3) is 2.54. The zero-order valence-corrected chi connectivity index (χ0v) is 5.46. The Bertz CT molecular complexity index is 156. The molecule has 3 nitrogen and oxygen atoms in total. The Morgan fingerprint density at radius 3 is 2.44 bits per heavy atom. The Hall–Kier alpha value is -1.25. The minimum Gasteiger partial charge on any atom is -0.396 e. The van der Waals surface area contributed by atoms with Gasteiger partial charge in [-0.15, -0.1) is 0 Å². The van der Waals surface area contributed by atoms with Gasteiger partial charge in [-0.25, -0.2) is 4.99 Å². The van der Waals surface area contributed by atoms with E-state index in [4.69, 9.17) is 11.5 Å². The number of hydrogen-bond acceptors (Lipinski definition) is 3. The molecule has 0 aliphatic heterocycles. The molecule has 0 aromatic heterocycles. The molecule has 0 atom stereocenters. The van der Waals surface area contributed by atoms with Crippen molar-refractivity contribution < 1.29 is 0 Å². The summed E-state index contributed by atoms with van der Waals surface area (Å²) in [5.74, 6) is 0.313. The molecule has 0 fully saturated rings. The van der Waals surface area contributed by atoms with Gasteiger partial charge in [0.1, 0.15) is 5.82 Å². The van der Waals surface area contributed by atoms with E-state index in [1.54, 1.807) is 13.1 Å². The van der Waals surface area contributed by atoms with Crippen LogP contribution in [-0.2, 0) is 0 Å². The fourth-order valence-corrected chi connectivity index (χ4v) is 0.318. The van der Waals surface area contributed by atoms with Crippen molar-refractivity contribution in [1.82, 2.24) is 0 Å². The van der Waals surface area contributed by atoms with Crippen LogP contribution in [0.1, 0.15) is 6.92 Å². The molecule has 4 N–H and O–H groups in total. The summed E-state index contributed by atoms with van der Waals surface area (Å²) in [4.78, 5) is 3.73. The second-order valence-electron chi connectivity index (χ2n) is 1.43. The summed E-state index contributed by atoms with van der Waals surface area (Å²) >= 11 is 0. The quantitative estimate of drug-likeness (QED) is 0.413. The summed E-state index contributed by atoms with van der Waals surface area (Å²) in [5.41, 5.74) is 11.1. The summed E-state index contributed by atoms with van der Waals surface area (Å²) in [5, 5.41) is 0. The molecule has 0 amide bonds. The van der Waals surface area contributed by atoms with Gasteiger partial charge >= 0.3 is 0 Å². The van der Waals surface area contributed by atoms with Crippen LogP contribution >= 0.6 is 0 Å². The highest BCUT2D eigenvalue weighted by molar-refractivity contribution is 5.55. The van der Waals surface area contributed by atoms with Gasteiger partial charge in [-0.3, -0.25) is 0 Å². The highest BCUT2D eigenvalue weighted by Crippen LogP contribution is 1.91. The minimum absolute atomic E-state index is 0.313. The molecule has 0 spiro atoms. The second-order valence-corrected chi connectivity index (χ2v) is 1.43. The normalized spacial score (nSPS) is 13.4. The van der Waals surface area contributed by atoms with Crippen molar-refractivity contribution >= 4 is 6.21 Å². The molecule has 0 aromatic carbocycles. The number of allylic oxidation sites excluding steroid dienone is 1. The predicted molar refractivity (Wildman–Crippen MR) is 39.8 cm³/mol. The van der Waals surface area contributed by atoms with Crippen LogP contribution in [0.2, 0.25) is 0 Å². The van der Waals surface area contributed by atoms with Crippen molar-refractivity contribution in [2.24, 2.45) is 16.5 Å². The maximum Gasteiger partial charge on any atom is 0.146 e. The van der Waals surface area contributed by atoms with E-state index in [0.717, 1.165) is 0 Å². The van der Waals surface area contributed by atoms with E-state index in [-0.39, 0.29) is 0 Å². The van der Waals surface area contributed by atoms with Gasteiger partial charge in [0.25, 0.3) is 0 Å². The van der Waals surface area contributed by atoms with Crippen LogP contribution in [-0.4, -0.2) is 6.21 Å². The highest BCUT2D eigenvalue weighted by atomic mass is 14.9. The number of hydrogen-bond donors (Lipinski definition) is 2. The first-order valence-electron chi connectivity index (χ1n) is 2.58. The fraction of sp³-hybridized carbons (Fsp3) is 0.167. The summed E-state index contributed by atoms with van der Waals surface area (Å²) < 4.78 is 0. The van der Waals surface area contributed by atoms with Gasteiger partial charge in [0.15, 0.2) is 0 Å². The van der Waals surface area contributed by atoms with Crippen molar-refractivity contribution in [3.8, 4) is 0 Å². The third-order valence-corrected chi connectivity index (χ3v) is 0.784. The van der Waals surface area contributed by atoms with Crippen molar-refractivity contribution in [3.05, 3.63) is 24.2 Å². The van der Waals surface area contributed by atoms with Crippen molar-refractivity contribution in [1.29, 1.82) is 0 Å². The van der Waals surface area contributed by atoms with E-state index in [9.17, 15) is 0 Å². The molecular weight excluding hydrogens is 114 g/mol. The topological polar surface area (TPSA) is 64.4 Å². The monoisotopic (exact) mass is 125 g/mol. The third-order valence-electron chi connectivity index (χ3n) is 0.784. The summed E-state index contributed by atoms with van der Waals surface area (Å²) in [7, 11) is 0. The first kappa shape index (κ1) is 7.75. The van der Waals surface area contributed by atoms with Gasteiger partial charge in [-0.2, -0.15) is 0 Å². The lowest BCUT2D eigenvalue weighted by molar-refractivity contribution is 1.17. The molecule has 0 saturated carbocycles. The highest BCUT2D eigenvalue weighted by Gasteiger charge is 1.86. The molecule has 0 aliphatic rings. The molecule has 3 heteroatoms. The first-order valence-corrected chi connectivity index (χ1v) is 2.58. The minimum atomic E-state index is 0.313. The Balaban J connectivity index is 4.27. The molecular formula is C6H11N3. The van der Waals surface area contributed by atoms with Gasteiger partial charge in [0, 0.05) is 6.21 Å². The Morgan fingerprint density at radius 2 is 2.11 bits per heavy atom. The van der Waals surface area contributed by atoms with Crippen LogP contribution in [0, 0.1) is 0 Å². The average Bonchev–Trinajstić information content (AvgIpc) is 1.87. The molecule has 9 heavy (non-hydrogen) atoms. The van der Waals surface area contributed by atoms with Crippen molar-refractivity contribution in [3.63, 3.8) is 0 Å². The fourth-order valence-electron chi connectivity index (χ4n) is 0.318. The Morgan fingerprint density at radius 1 is 1.56 bits per heavy atom. The van der Waals surface area contributed by atoms with Crippen molar-refractivity contribution in [2.75, 3.05) is 0 Å². The molecule has 0 rings (SSSR count). The maximum absolute atomic E-state index is 5.33. The van der Waals surface area contributed by atoms with Crippen molar-refractivity contribution in [2.45, 2.75) is 6.92 Å². The Labute approximate surface area is 54.8 Å². The van der Waals surface area contributed by atoms with Gasteiger partial charge < -0.3 is 11.5 Å². The first-order chi connectivity index (χ1) is 4.22. The van der Waals surface area contributed by atoms with E-state index >= 15 is 0 Å². The number of nitrogens with zero attached hydrogens (tertiary/aromatic N) is 1. The maximum atomic E-state index is 5.33. The van der Waals surface area contributed by atoms with Gasteiger partial charge in [-0.05, 0) is 13.0 Å². The van der Waals surface area contributed by atoms with Crippen LogP contribution in [0.5, 0.6) is 0 Å². The largest absolute Gasteiger partial charge is 0.396 e. The molecule has 0 aliphatic carbocycles. The molecule has 0 aromatic rings. The van der Waals surface area contributed by atoms with E-state index in [1.165, 1.54) is 6.08 Å². The van der Waals surface area contributed by atoms with Crippen LogP contribution in [0.25, 0.3) is 0 Å². The number of nitrogens with two attached hydrogens (primary N) is 2. The smallest absolute Gasteiger partial charge is 0.146 e. The Kier molecular flexibility index (Phi) is 3.20. The van der Waals surface area contributed by atoms with E-state index in [1.807, 2.05) is 0 Å². The summed E-state index contributed by atoms with van der Waals surface area (Å²) in [6, 6.07) is 0. The molecule has 0 saturated heterocycles. The molecule has 0 unspecified atom stereocenters. The number of rotatable bonds is 2. The molecule has 50 valence electrons. The lowest BCUT2D eigenvalue weighted by Crippen LogP contribution is -2.05. The van der Waals surface area contributed by atoms with Crippen LogP contribution in [0.3, 0.4) is 0 Å². The van der Waals surface area contributed by atoms with Gasteiger partial charge in [-0.1, -0.05) is 6.58 Å². The zero-order valence-electron chi connectivity index (χ0n) is 5.46. The average molecular weight is 125 g/mol. The van der Waals surface area contributed by atoms with Crippen LogP contribution in [0.15, 0.2) is 29.2 Å². The SMILES string of the molecule is C=C/C(N)=C(N)\N=C/C. The van der Waals surface area contributed by atoms with Crippen LogP contribution < -0.4 is 11.5 Å². The lowest BCUT2D eigenvalue weighted by Gasteiger charge is -1.93. The summed E-state index contributed by atoms with van der Waals surface area (Å²) in [6.45, 7) is 5.19. The summed E-state index contributed by atoms with van der Waals surface area (Å²) in [6.07, 6.45) is 3.04. The van der Waals surface area contributed by atoms with E-state index in [2.05, 4.69) is 11.6 Å². The standard InChI is InChI=1S/C6H11N3/c1-3-5(7)6(8)9-4-2/h3-4H,1,7-8H2,2H3/b6-5+,9-4-. The molecule has 0 bridgehead atoms. The zero-order chi connectivity index (χ0) is 7.28. The van der Waals surface area contributed by atoms with E-state index < -0.39 is 0 Å². The number of aliphatic imine (C=N–C) groups is 1. The van der Waals surface area contributed by atoms with Gasteiger partial charge in [0.2, 0.25) is 0 Å². The second kappa shape index (κ2) is 3.72. The molecule has 0 heterocycles.